The van der Waals surface area contributed by atoms with Gasteiger partial charge in [0, 0.05) is 57.7 Å². The van der Waals surface area contributed by atoms with E-state index < -0.39 is 0 Å². The van der Waals surface area contributed by atoms with Gasteiger partial charge >= 0.3 is 0 Å². The molecule has 1 N–H and O–H groups in total. The monoisotopic (exact) mass is 768 g/mol. The summed E-state index contributed by atoms with van der Waals surface area (Å²) in [6.07, 6.45) is 11.2. The van der Waals surface area contributed by atoms with Crippen LogP contribution in [-0.2, 0) is 12.8 Å². The molecule has 2 aliphatic carbocycles. The third-order valence-corrected chi connectivity index (χ3v) is 14.2. The molecular weight excluding hydrogens is 733 g/mol. The molecule has 12 rings (SSSR count). The largest absolute Gasteiger partial charge is 0.344 e. The number of thiophene rings is 2. The van der Waals surface area contributed by atoms with Crippen molar-refractivity contribution in [2.75, 3.05) is 0 Å². The molecule has 57 heavy (non-hydrogen) atoms. The first-order valence-electron chi connectivity index (χ1n) is 19.8. The highest BCUT2D eigenvalue weighted by atomic mass is 32.1. The zero-order chi connectivity index (χ0) is 37.5. The number of para-hydroxylation sites is 1. The van der Waals surface area contributed by atoms with E-state index in [9.17, 15) is 0 Å². The van der Waals surface area contributed by atoms with Crippen LogP contribution in [0, 0.1) is 0 Å². The first-order chi connectivity index (χ1) is 28.2. The number of rotatable bonds is 5. The molecule has 1 aliphatic heterocycles. The fraction of sp³-hybridized carbons (Fsp3) is 0.0980. The van der Waals surface area contributed by atoms with Gasteiger partial charge in [0.1, 0.15) is 12.0 Å². The summed E-state index contributed by atoms with van der Waals surface area (Å²) >= 11 is 3.81. The van der Waals surface area contributed by atoms with Gasteiger partial charge < -0.3 is 9.88 Å². The van der Waals surface area contributed by atoms with Crippen LogP contribution in [0.2, 0.25) is 0 Å². The van der Waals surface area contributed by atoms with Gasteiger partial charge in [-0.1, -0.05) is 121 Å². The molecule has 4 nitrogen and oxygen atoms in total. The van der Waals surface area contributed by atoms with E-state index >= 15 is 0 Å². The molecule has 3 aliphatic rings. The standard InChI is InChI=1S/C51H36N4S2/c1-3-12-31(13-4-1)49-52-50(32-14-5-2-6-15-32)54-51(53-49)34-22-25-40-42-28-33(23-27-45(42)56-46(40)29-34)36-18-11-19-41-39-26-24-35(30-47(39)57-48(36)41)55-43-20-9-7-16-37(43)38-17-8-10-21-44(38)55/h1-7,9-16,18-23,25,27-30,51H,8,17,24,26H2,(H,52,53,54). The van der Waals surface area contributed by atoms with Crippen LogP contribution in [-0.4, -0.2) is 16.2 Å². The van der Waals surface area contributed by atoms with Crippen molar-refractivity contribution in [2.24, 2.45) is 9.98 Å². The maximum absolute atomic E-state index is 5.14. The summed E-state index contributed by atoms with van der Waals surface area (Å²) < 4.78 is 6.49. The Morgan fingerprint density at radius 1 is 0.614 bits per heavy atom. The Hall–Kier alpha value is -6.34. The number of aryl methyl sites for hydroxylation is 2. The fourth-order valence-electron chi connectivity index (χ4n) is 9.15. The highest BCUT2D eigenvalue weighted by molar-refractivity contribution is 7.25. The van der Waals surface area contributed by atoms with Gasteiger partial charge in [0.25, 0.3) is 0 Å². The maximum atomic E-state index is 5.14. The normalized spacial score (nSPS) is 16.4. The third-order valence-electron chi connectivity index (χ3n) is 11.9. The smallest absolute Gasteiger partial charge is 0.159 e. The lowest BCUT2D eigenvalue weighted by atomic mass is 9.95. The minimum Gasteiger partial charge on any atom is -0.344 e. The van der Waals surface area contributed by atoms with E-state index in [-0.39, 0.29) is 6.17 Å². The Labute approximate surface area is 338 Å². The molecule has 6 aromatic carbocycles. The first-order valence-corrected chi connectivity index (χ1v) is 21.4. The molecule has 4 heterocycles. The lowest BCUT2D eigenvalue weighted by molar-refractivity contribution is 0.675. The Kier molecular flexibility index (Phi) is 7.57. The highest BCUT2D eigenvalue weighted by Crippen LogP contribution is 2.46. The predicted molar refractivity (Wildman–Crippen MR) is 244 cm³/mol. The number of amidine groups is 2. The molecule has 0 saturated heterocycles. The molecule has 6 heteroatoms. The van der Waals surface area contributed by atoms with Gasteiger partial charge in [0.15, 0.2) is 5.84 Å². The van der Waals surface area contributed by atoms with Crippen molar-refractivity contribution in [3.05, 3.63) is 184 Å². The Morgan fingerprint density at radius 3 is 2.33 bits per heavy atom. The molecule has 1 unspecified atom stereocenters. The van der Waals surface area contributed by atoms with E-state index in [4.69, 9.17) is 9.98 Å². The Balaban J connectivity index is 0.916. The van der Waals surface area contributed by atoms with E-state index in [0.29, 0.717) is 0 Å². The van der Waals surface area contributed by atoms with E-state index in [1.165, 1.54) is 79.7 Å². The van der Waals surface area contributed by atoms with Crippen molar-refractivity contribution >= 4 is 93.4 Å². The number of nitrogens with zero attached hydrogens (tertiary/aromatic N) is 3. The van der Waals surface area contributed by atoms with Crippen LogP contribution >= 0.6 is 22.7 Å². The summed E-state index contributed by atoms with van der Waals surface area (Å²) in [6.45, 7) is 0. The second-order valence-electron chi connectivity index (χ2n) is 15.2. The van der Waals surface area contributed by atoms with Crippen molar-refractivity contribution in [3.8, 4) is 11.1 Å². The highest BCUT2D eigenvalue weighted by Gasteiger charge is 2.25. The number of allylic oxidation sites excluding steroid dienone is 2. The average molecular weight is 769 g/mol. The van der Waals surface area contributed by atoms with Crippen molar-refractivity contribution in [1.82, 2.24) is 9.88 Å². The Morgan fingerprint density at radius 2 is 1.44 bits per heavy atom. The minimum atomic E-state index is -0.256. The molecule has 1 atom stereocenters. The van der Waals surface area contributed by atoms with Gasteiger partial charge in [-0.25, -0.2) is 9.98 Å². The van der Waals surface area contributed by atoms with Crippen LogP contribution in [0.1, 0.15) is 57.4 Å². The number of aliphatic imine (C=N–C) groups is 2. The minimum absolute atomic E-state index is 0.256. The van der Waals surface area contributed by atoms with Crippen LogP contribution in [0.5, 0.6) is 0 Å². The van der Waals surface area contributed by atoms with Gasteiger partial charge in [-0.3, -0.25) is 0 Å². The van der Waals surface area contributed by atoms with Crippen LogP contribution in [0.3, 0.4) is 0 Å². The number of nitrogens with one attached hydrogen (secondary N) is 1. The zero-order valence-electron chi connectivity index (χ0n) is 31.1. The first kappa shape index (κ1) is 32.9. The van der Waals surface area contributed by atoms with Gasteiger partial charge in [-0.05, 0) is 95.3 Å². The molecule has 272 valence electrons. The quantitative estimate of drug-likeness (QED) is 0.186. The van der Waals surface area contributed by atoms with Gasteiger partial charge in [0.2, 0.25) is 0 Å². The molecule has 0 amide bonds. The zero-order valence-corrected chi connectivity index (χ0v) is 32.7. The topological polar surface area (TPSA) is 41.7 Å². The van der Waals surface area contributed by atoms with Crippen molar-refractivity contribution in [2.45, 2.75) is 31.8 Å². The van der Waals surface area contributed by atoms with Crippen molar-refractivity contribution in [3.63, 3.8) is 0 Å². The van der Waals surface area contributed by atoms with Crippen molar-refractivity contribution in [1.29, 1.82) is 0 Å². The van der Waals surface area contributed by atoms with Crippen LogP contribution in [0.15, 0.2) is 156 Å². The second kappa shape index (κ2) is 13.1. The lowest BCUT2D eigenvalue weighted by Crippen LogP contribution is -2.33. The number of hydrogen-bond acceptors (Lipinski definition) is 5. The van der Waals surface area contributed by atoms with E-state index in [1.807, 2.05) is 46.9 Å². The number of fused-ring (bicyclic) bond motifs is 9. The molecule has 0 saturated carbocycles. The third kappa shape index (κ3) is 5.39. The molecule has 0 fully saturated rings. The SMILES string of the molecule is C1=Cc2c(c3ccccc3n2C2=Cc3sc4c(-c5ccc6sc7cc(C8N=C(c9ccccc9)N=C(c9ccccc9)N8)ccc7c6c5)cccc4c3CC2)CC1. The summed E-state index contributed by atoms with van der Waals surface area (Å²) in [7, 11) is 0. The van der Waals surface area contributed by atoms with Gasteiger partial charge in [-0.2, -0.15) is 0 Å². The molecule has 0 radical (unpaired) electrons. The Bertz CT molecular complexity index is 3210. The summed E-state index contributed by atoms with van der Waals surface area (Å²) in [5.74, 6) is 1.57. The fourth-order valence-corrected chi connectivity index (χ4v) is 11.6. The van der Waals surface area contributed by atoms with Gasteiger partial charge in [0.05, 0.1) is 5.52 Å². The van der Waals surface area contributed by atoms with Crippen LogP contribution in [0.4, 0.5) is 0 Å². The number of benzene rings is 6. The maximum Gasteiger partial charge on any atom is 0.159 e. The van der Waals surface area contributed by atoms with E-state index in [1.54, 1.807) is 0 Å². The molecule has 0 bridgehead atoms. The van der Waals surface area contributed by atoms with Crippen molar-refractivity contribution < 1.29 is 0 Å². The summed E-state index contributed by atoms with van der Waals surface area (Å²) in [4.78, 5) is 11.5. The molecule has 9 aromatic rings. The summed E-state index contributed by atoms with van der Waals surface area (Å²) in [5, 5.41) is 9.02. The summed E-state index contributed by atoms with van der Waals surface area (Å²) in [5.41, 5.74) is 12.8. The molecule has 0 spiro atoms. The average Bonchev–Trinajstić information content (AvgIpc) is 3.95. The van der Waals surface area contributed by atoms with E-state index in [2.05, 4.69) is 143 Å². The molecular formula is C51H36N4S2. The van der Waals surface area contributed by atoms with Crippen LogP contribution < -0.4 is 5.32 Å². The van der Waals surface area contributed by atoms with Gasteiger partial charge in [-0.15, -0.1) is 22.7 Å². The second-order valence-corrected chi connectivity index (χ2v) is 17.3. The lowest BCUT2D eigenvalue weighted by Gasteiger charge is -2.23. The molecule has 3 aromatic heterocycles. The number of hydrogen-bond donors (Lipinski definition) is 1. The predicted octanol–water partition coefficient (Wildman–Crippen LogP) is 13.3. The number of aromatic nitrogens is 1. The van der Waals surface area contributed by atoms with E-state index in [0.717, 1.165) is 54.0 Å². The van der Waals surface area contributed by atoms with Crippen LogP contribution in [0.25, 0.3) is 70.1 Å². The summed E-state index contributed by atoms with van der Waals surface area (Å²) in [6, 6.07) is 50.4.